The van der Waals surface area contributed by atoms with Gasteiger partial charge in [0.05, 0.1) is 6.10 Å². The lowest BCUT2D eigenvalue weighted by Crippen LogP contribution is -2.15. The summed E-state index contributed by atoms with van der Waals surface area (Å²) in [6.45, 7) is 6.02. The molecule has 0 aliphatic carbocycles. The van der Waals surface area contributed by atoms with E-state index in [1.54, 1.807) is 7.11 Å². The number of nitrogen functional groups attached to an aromatic ring is 1. The van der Waals surface area contributed by atoms with E-state index in [0.29, 0.717) is 12.2 Å². The monoisotopic (exact) mass is 210 g/mol. The normalized spacial score (nSPS) is 13.1. The fraction of sp³-hybridized carbons (Fsp3) is 0.700. The van der Waals surface area contributed by atoms with Gasteiger partial charge in [0.2, 0.25) is 5.95 Å². The first-order valence-corrected chi connectivity index (χ1v) is 5.06. The Bertz CT molecular complexity index is 327. The molecule has 1 aromatic heterocycles. The predicted molar refractivity (Wildman–Crippen MR) is 58.5 cm³/mol. The molecular formula is C10H18N4O. The molecule has 84 valence electrons. The van der Waals surface area contributed by atoms with Crippen molar-refractivity contribution < 1.29 is 4.74 Å². The zero-order valence-corrected chi connectivity index (χ0v) is 9.69. The van der Waals surface area contributed by atoms with E-state index in [9.17, 15) is 0 Å². The molecule has 5 nitrogen and oxygen atoms in total. The Balaban J connectivity index is 2.88. The first kappa shape index (κ1) is 11.8. The molecule has 1 unspecified atom stereocenters. The lowest BCUT2D eigenvalue weighted by Gasteiger charge is -2.10. The second kappa shape index (κ2) is 5.02. The molecular weight excluding hydrogens is 192 g/mol. The summed E-state index contributed by atoms with van der Waals surface area (Å²) in [5.74, 6) is 1.97. The SMILES string of the molecule is COC(C)Cc1nc(N)nc(C(C)C)n1. The van der Waals surface area contributed by atoms with Gasteiger partial charge in [-0.3, -0.25) is 0 Å². The third-order valence-electron chi connectivity index (χ3n) is 2.11. The van der Waals surface area contributed by atoms with Crippen LogP contribution in [0, 0.1) is 0 Å². The smallest absolute Gasteiger partial charge is 0.223 e. The maximum absolute atomic E-state index is 5.61. The van der Waals surface area contributed by atoms with Crippen LogP contribution in [-0.4, -0.2) is 28.2 Å². The van der Waals surface area contributed by atoms with Crippen LogP contribution in [0.15, 0.2) is 0 Å². The second-order valence-electron chi connectivity index (χ2n) is 3.87. The van der Waals surface area contributed by atoms with Crippen LogP contribution in [0.25, 0.3) is 0 Å². The minimum atomic E-state index is 0.0896. The minimum absolute atomic E-state index is 0.0896. The fourth-order valence-electron chi connectivity index (χ4n) is 1.15. The fourth-order valence-corrected chi connectivity index (χ4v) is 1.15. The van der Waals surface area contributed by atoms with Gasteiger partial charge in [-0.25, -0.2) is 4.98 Å². The molecule has 0 bridgehead atoms. The number of hydrogen-bond acceptors (Lipinski definition) is 5. The summed E-state index contributed by atoms with van der Waals surface area (Å²) >= 11 is 0. The van der Waals surface area contributed by atoms with Crippen molar-refractivity contribution in [3.63, 3.8) is 0 Å². The molecule has 1 heterocycles. The van der Waals surface area contributed by atoms with Gasteiger partial charge in [0, 0.05) is 19.4 Å². The zero-order valence-electron chi connectivity index (χ0n) is 9.69. The topological polar surface area (TPSA) is 73.9 Å². The molecule has 0 spiro atoms. The molecule has 0 aliphatic heterocycles. The lowest BCUT2D eigenvalue weighted by atomic mass is 10.2. The summed E-state index contributed by atoms with van der Waals surface area (Å²) < 4.78 is 5.15. The maximum atomic E-state index is 5.61. The Hall–Kier alpha value is -1.23. The van der Waals surface area contributed by atoms with Crippen LogP contribution < -0.4 is 5.73 Å². The number of methoxy groups -OCH3 is 1. The Morgan fingerprint density at radius 1 is 1.20 bits per heavy atom. The van der Waals surface area contributed by atoms with Crippen molar-refractivity contribution in [2.75, 3.05) is 12.8 Å². The molecule has 2 N–H and O–H groups in total. The number of hydrogen-bond donors (Lipinski definition) is 1. The molecule has 1 atom stereocenters. The van der Waals surface area contributed by atoms with Gasteiger partial charge >= 0.3 is 0 Å². The predicted octanol–water partition coefficient (Wildman–Crippen LogP) is 1.15. The molecule has 0 aliphatic rings. The van der Waals surface area contributed by atoms with E-state index in [1.807, 2.05) is 20.8 Å². The quantitative estimate of drug-likeness (QED) is 0.807. The van der Waals surface area contributed by atoms with Crippen LogP contribution in [-0.2, 0) is 11.2 Å². The summed E-state index contributed by atoms with van der Waals surface area (Å²) in [7, 11) is 1.67. The zero-order chi connectivity index (χ0) is 11.4. The van der Waals surface area contributed by atoms with Crippen LogP contribution in [0.4, 0.5) is 5.95 Å². The van der Waals surface area contributed by atoms with Crippen molar-refractivity contribution >= 4 is 5.95 Å². The van der Waals surface area contributed by atoms with Gasteiger partial charge in [-0.1, -0.05) is 13.8 Å². The van der Waals surface area contributed by atoms with E-state index in [4.69, 9.17) is 10.5 Å². The molecule has 0 radical (unpaired) electrons. The van der Waals surface area contributed by atoms with E-state index in [2.05, 4.69) is 15.0 Å². The van der Waals surface area contributed by atoms with Crippen molar-refractivity contribution in [3.8, 4) is 0 Å². The van der Waals surface area contributed by atoms with Crippen LogP contribution in [0.2, 0.25) is 0 Å². The number of nitrogens with zero attached hydrogens (tertiary/aromatic N) is 3. The third-order valence-corrected chi connectivity index (χ3v) is 2.11. The number of rotatable bonds is 4. The van der Waals surface area contributed by atoms with Crippen LogP contribution >= 0.6 is 0 Å². The average Bonchev–Trinajstić information content (AvgIpc) is 2.16. The Kier molecular flexibility index (Phi) is 3.96. The van der Waals surface area contributed by atoms with Gasteiger partial charge in [-0.2, -0.15) is 9.97 Å². The number of anilines is 1. The second-order valence-corrected chi connectivity index (χ2v) is 3.87. The molecule has 1 rings (SSSR count). The molecule has 1 aromatic rings. The largest absolute Gasteiger partial charge is 0.381 e. The van der Waals surface area contributed by atoms with Crippen molar-refractivity contribution in [1.29, 1.82) is 0 Å². The first-order valence-electron chi connectivity index (χ1n) is 5.06. The molecule has 0 saturated heterocycles. The highest BCUT2D eigenvalue weighted by Crippen LogP contribution is 2.10. The summed E-state index contributed by atoms with van der Waals surface area (Å²) in [6, 6.07) is 0. The van der Waals surface area contributed by atoms with Gasteiger partial charge in [0.1, 0.15) is 11.6 Å². The average molecular weight is 210 g/mol. The molecule has 5 heteroatoms. The summed E-state index contributed by atoms with van der Waals surface area (Å²) in [5.41, 5.74) is 5.61. The van der Waals surface area contributed by atoms with Gasteiger partial charge in [0.25, 0.3) is 0 Å². The van der Waals surface area contributed by atoms with Gasteiger partial charge < -0.3 is 10.5 Å². The maximum Gasteiger partial charge on any atom is 0.223 e. The molecule has 0 saturated carbocycles. The molecule has 0 aromatic carbocycles. The third kappa shape index (κ3) is 3.43. The summed E-state index contributed by atoms with van der Waals surface area (Å²) in [5, 5.41) is 0. The van der Waals surface area contributed by atoms with Crippen LogP contribution in [0.3, 0.4) is 0 Å². The highest BCUT2D eigenvalue weighted by molar-refractivity contribution is 5.17. The van der Waals surface area contributed by atoms with Crippen LogP contribution in [0.1, 0.15) is 38.3 Å². The number of aromatic nitrogens is 3. The Morgan fingerprint density at radius 3 is 2.40 bits per heavy atom. The highest BCUT2D eigenvalue weighted by atomic mass is 16.5. The van der Waals surface area contributed by atoms with Gasteiger partial charge in [-0.05, 0) is 6.92 Å². The van der Waals surface area contributed by atoms with Gasteiger partial charge in [0.15, 0.2) is 0 Å². The van der Waals surface area contributed by atoms with E-state index in [0.717, 1.165) is 5.82 Å². The van der Waals surface area contributed by atoms with Crippen molar-refractivity contribution in [3.05, 3.63) is 11.6 Å². The number of nitrogens with two attached hydrogens (primary N) is 1. The first-order chi connectivity index (χ1) is 7.02. The van der Waals surface area contributed by atoms with E-state index < -0.39 is 0 Å². The van der Waals surface area contributed by atoms with Crippen molar-refractivity contribution in [1.82, 2.24) is 15.0 Å². The number of ether oxygens (including phenoxy) is 1. The van der Waals surface area contributed by atoms with Crippen molar-refractivity contribution in [2.45, 2.75) is 39.2 Å². The minimum Gasteiger partial charge on any atom is -0.381 e. The van der Waals surface area contributed by atoms with E-state index in [1.165, 1.54) is 0 Å². The van der Waals surface area contributed by atoms with Crippen LogP contribution in [0.5, 0.6) is 0 Å². The summed E-state index contributed by atoms with van der Waals surface area (Å²) in [4.78, 5) is 12.5. The summed E-state index contributed by atoms with van der Waals surface area (Å²) in [6.07, 6.45) is 0.745. The molecule has 0 fully saturated rings. The van der Waals surface area contributed by atoms with Gasteiger partial charge in [-0.15, -0.1) is 0 Å². The van der Waals surface area contributed by atoms with Crippen molar-refractivity contribution in [2.24, 2.45) is 0 Å². The highest BCUT2D eigenvalue weighted by Gasteiger charge is 2.10. The Morgan fingerprint density at radius 2 is 1.87 bits per heavy atom. The standard InChI is InChI=1S/C10H18N4O/c1-6(2)9-12-8(5-7(3)15-4)13-10(11)14-9/h6-7H,5H2,1-4H3,(H2,11,12,13,14). The van der Waals surface area contributed by atoms with E-state index >= 15 is 0 Å². The van der Waals surface area contributed by atoms with E-state index in [-0.39, 0.29) is 18.0 Å². The molecule has 15 heavy (non-hydrogen) atoms. The lowest BCUT2D eigenvalue weighted by molar-refractivity contribution is 0.117. The molecule has 0 amide bonds. The Labute approximate surface area is 90.1 Å².